The van der Waals surface area contributed by atoms with Crippen molar-refractivity contribution in [3.05, 3.63) is 77.9 Å². The summed E-state index contributed by atoms with van der Waals surface area (Å²) in [7, 11) is 0. The van der Waals surface area contributed by atoms with Gasteiger partial charge in [-0.05, 0) is 43.5 Å². The number of nitrogens with zero attached hydrogens (tertiary/aromatic N) is 4. The van der Waals surface area contributed by atoms with E-state index < -0.39 is 11.6 Å². The van der Waals surface area contributed by atoms with Crippen molar-refractivity contribution in [2.24, 2.45) is 0 Å². The Balaban J connectivity index is 1.47. The van der Waals surface area contributed by atoms with Crippen molar-refractivity contribution < 1.29 is 13.6 Å². The van der Waals surface area contributed by atoms with Crippen molar-refractivity contribution in [2.45, 2.75) is 31.7 Å². The summed E-state index contributed by atoms with van der Waals surface area (Å²) < 4.78 is 29.1. The topological polar surface area (TPSA) is 51.0 Å². The first-order valence-electron chi connectivity index (χ1n) is 9.34. The highest BCUT2D eigenvalue weighted by atomic mass is 19.1. The highest BCUT2D eigenvalue weighted by Gasteiger charge is 2.31. The minimum absolute atomic E-state index is 0.00197. The Morgan fingerprint density at radius 3 is 2.75 bits per heavy atom. The molecular formula is C21H20F2N4O. The van der Waals surface area contributed by atoms with Crippen LogP contribution >= 0.6 is 0 Å². The van der Waals surface area contributed by atoms with Crippen LogP contribution in [0.2, 0.25) is 0 Å². The number of carbonyl (C=O) groups excluding carboxylic acids is 1. The van der Waals surface area contributed by atoms with Gasteiger partial charge in [-0.3, -0.25) is 9.36 Å². The molecule has 3 aromatic rings. The quantitative estimate of drug-likeness (QED) is 0.675. The number of benzene rings is 2. The van der Waals surface area contributed by atoms with Crippen molar-refractivity contribution in [3.8, 4) is 5.69 Å². The molecule has 2 aromatic carbocycles. The molecule has 0 saturated carbocycles. The maximum Gasteiger partial charge on any atom is 0.257 e. The van der Waals surface area contributed by atoms with Gasteiger partial charge >= 0.3 is 0 Å². The van der Waals surface area contributed by atoms with Crippen molar-refractivity contribution >= 4 is 5.91 Å². The average molecular weight is 382 g/mol. The summed E-state index contributed by atoms with van der Waals surface area (Å²) in [6.45, 7) is 0.575. The Morgan fingerprint density at radius 2 is 1.96 bits per heavy atom. The number of likely N-dealkylation sites (tertiary alicyclic amines) is 1. The van der Waals surface area contributed by atoms with Gasteiger partial charge in [-0.25, -0.2) is 8.78 Å². The molecule has 0 N–H and O–H groups in total. The van der Waals surface area contributed by atoms with E-state index in [4.69, 9.17) is 0 Å². The number of amides is 1. The SMILES string of the molecule is O=C(c1ccc(F)cc1F)N1CCCC1CCc1nncn1-c1ccccc1. The van der Waals surface area contributed by atoms with Crippen molar-refractivity contribution in [2.75, 3.05) is 6.54 Å². The predicted octanol–water partition coefficient (Wildman–Crippen LogP) is 3.78. The van der Waals surface area contributed by atoms with Gasteiger partial charge in [0.05, 0.1) is 5.56 Å². The van der Waals surface area contributed by atoms with Crippen LogP contribution in [0.15, 0.2) is 54.9 Å². The molecule has 1 unspecified atom stereocenters. The second-order valence-corrected chi connectivity index (χ2v) is 6.91. The van der Waals surface area contributed by atoms with E-state index in [-0.39, 0.29) is 17.5 Å². The van der Waals surface area contributed by atoms with Crippen LogP contribution in [0.4, 0.5) is 8.78 Å². The highest BCUT2D eigenvalue weighted by molar-refractivity contribution is 5.94. The summed E-state index contributed by atoms with van der Waals surface area (Å²) in [5, 5.41) is 8.23. The van der Waals surface area contributed by atoms with Gasteiger partial charge in [0.25, 0.3) is 5.91 Å². The fraction of sp³-hybridized carbons (Fsp3) is 0.286. The zero-order valence-corrected chi connectivity index (χ0v) is 15.3. The molecule has 1 saturated heterocycles. The number of hydrogen-bond donors (Lipinski definition) is 0. The lowest BCUT2D eigenvalue weighted by Crippen LogP contribution is -2.36. The van der Waals surface area contributed by atoms with Gasteiger partial charge in [0.2, 0.25) is 0 Å². The minimum atomic E-state index is -0.820. The van der Waals surface area contributed by atoms with E-state index in [9.17, 15) is 13.6 Å². The monoisotopic (exact) mass is 382 g/mol. The molecule has 144 valence electrons. The van der Waals surface area contributed by atoms with Gasteiger partial charge in [-0.2, -0.15) is 0 Å². The number of halogens is 2. The number of para-hydroxylation sites is 1. The van der Waals surface area contributed by atoms with Gasteiger partial charge in [0.15, 0.2) is 0 Å². The first-order valence-corrected chi connectivity index (χ1v) is 9.34. The molecule has 5 nitrogen and oxygen atoms in total. The van der Waals surface area contributed by atoms with Crippen molar-refractivity contribution in [1.82, 2.24) is 19.7 Å². The van der Waals surface area contributed by atoms with E-state index in [1.54, 1.807) is 11.2 Å². The third-order valence-corrected chi connectivity index (χ3v) is 5.15. The third kappa shape index (κ3) is 3.65. The molecule has 1 amide bonds. The van der Waals surface area contributed by atoms with Crippen LogP contribution in [0.3, 0.4) is 0 Å². The van der Waals surface area contributed by atoms with Gasteiger partial charge < -0.3 is 4.90 Å². The maximum absolute atomic E-state index is 14.0. The predicted molar refractivity (Wildman–Crippen MR) is 100 cm³/mol. The molecule has 0 radical (unpaired) electrons. The molecule has 0 bridgehead atoms. The Hall–Kier alpha value is -3.09. The van der Waals surface area contributed by atoms with Gasteiger partial charge in [0, 0.05) is 30.8 Å². The number of hydrogen-bond acceptors (Lipinski definition) is 3. The fourth-order valence-corrected chi connectivity index (χ4v) is 3.75. The zero-order chi connectivity index (χ0) is 19.5. The largest absolute Gasteiger partial charge is 0.336 e. The molecule has 2 heterocycles. The van der Waals surface area contributed by atoms with Gasteiger partial charge in [0.1, 0.15) is 23.8 Å². The summed E-state index contributed by atoms with van der Waals surface area (Å²) in [5.41, 5.74) is 0.899. The molecular weight excluding hydrogens is 362 g/mol. The third-order valence-electron chi connectivity index (χ3n) is 5.15. The van der Waals surface area contributed by atoms with Crippen molar-refractivity contribution in [1.29, 1.82) is 0 Å². The van der Waals surface area contributed by atoms with Gasteiger partial charge in [-0.15, -0.1) is 10.2 Å². The molecule has 1 aliphatic heterocycles. The normalized spacial score (nSPS) is 16.5. The summed E-state index contributed by atoms with van der Waals surface area (Å²) in [6.07, 6.45) is 4.75. The Labute approximate surface area is 161 Å². The zero-order valence-electron chi connectivity index (χ0n) is 15.3. The van der Waals surface area contributed by atoms with Crippen LogP contribution in [0.1, 0.15) is 35.4 Å². The molecule has 0 aliphatic carbocycles. The Bertz CT molecular complexity index is 974. The summed E-state index contributed by atoms with van der Waals surface area (Å²) >= 11 is 0. The van der Waals surface area contributed by atoms with Gasteiger partial charge in [-0.1, -0.05) is 18.2 Å². The van der Waals surface area contributed by atoms with Crippen LogP contribution in [-0.4, -0.2) is 38.2 Å². The standard InChI is InChI=1S/C21H20F2N4O/c22-15-8-10-18(19(23)13-15)21(28)26-12-4-7-17(26)9-11-20-25-24-14-27(20)16-5-2-1-3-6-16/h1-3,5-6,8,10,13-14,17H,4,7,9,11-12H2. The number of aromatic nitrogens is 3. The second-order valence-electron chi connectivity index (χ2n) is 6.91. The second kappa shape index (κ2) is 7.88. The maximum atomic E-state index is 14.0. The molecule has 1 atom stereocenters. The van der Waals surface area contributed by atoms with E-state index in [1.165, 1.54) is 6.07 Å². The van der Waals surface area contributed by atoms with E-state index >= 15 is 0 Å². The number of aryl methyl sites for hydroxylation is 1. The molecule has 1 fully saturated rings. The first kappa shape index (κ1) is 18.3. The van der Waals surface area contributed by atoms with Crippen LogP contribution in [-0.2, 0) is 6.42 Å². The van der Waals surface area contributed by atoms with Crippen LogP contribution in [0, 0.1) is 11.6 Å². The number of carbonyl (C=O) groups is 1. The molecule has 28 heavy (non-hydrogen) atoms. The minimum Gasteiger partial charge on any atom is -0.336 e. The van der Waals surface area contributed by atoms with E-state index in [0.29, 0.717) is 19.4 Å². The molecule has 4 rings (SSSR count). The first-order chi connectivity index (χ1) is 13.6. The molecule has 1 aromatic heterocycles. The Morgan fingerprint density at radius 1 is 1.14 bits per heavy atom. The summed E-state index contributed by atoms with van der Waals surface area (Å²) in [5.74, 6) is -1.07. The lowest BCUT2D eigenvalue weighted by Gasteiger charge is -2.25. The van der Waals surface area contributed by atoms with Crippen LogP contribution < -0.4 is 0 Å². The Kier molecular flexibility index (Phi) is 5.14. The smallest absolute Gasteiger partial charge is 0.257 e. The molecule has 0 spiro atoms. The van der Waals surface area contributed by atoms with Crippen LogP contribution in [0.5, 0.6) is 0 Å². The lowest BCUT2D eigenvalue weighted by molar-refractivity contribution is 0.0725. The van der Waals surface area contributed by atoms with E-state index in [0.717, 1.165) is 36.5 Å². The highest BCUT2D eigenvalue weighted by Crippen LogP contribution is 2.25. The van der Waals surface area contributed by atoms with E-state index in [2.05, 4.69) is 10.2 Å². The fourth-order valence-electron chi connectivity index (χ4n) is 3.75. The van der Waals surface area contributed by atoms with E-state index in [1.807, 2.05) is 34.9 Å². The number of rotatable bonds is 5. The lowest BCUT2D eigenvalue weighted by atomic mass is 10.1. The summed E-state index contributed by atoms with van der Waals surface area (Å²) in [6, 6.07) is 12.9. The van der Waals surface area contributed by atoms with Crippen molar-refractivity contribution in [3.63, 3.8) is 0 Å². The van der Waals surface area contributed by atoms with Crippen LogP contribution in [0.25, 0.3) is 5.69 Å². The molecule has 7 heteroatoms. The summed E-state index contributed by atoms with van der Waals surface area (Å²) in [4.78, 5) is 14.5. The molecule has 1 aliphatic rings. The average Bonchev–Trinajstić information content (AvgIpc) is 3.36.